The van der Waals surface area contributed by atoms with Crippen molar-refractivity contribution in [2.24, 2.45) is 5.73 Å². The Morgan fingerprint density at radius 2 is 2.21 bits per heavy atom. The highest BCUT2D eigenvalue weighted by molar-refractivity contribution is 5.45. The summed E-state index contributed by atoms with van der Waals surface area (Å²) in [5.41, 5.74) is 7.39. The SMILES string of the molecule is CC1COCCN1CC(N)c1ccc2c(c1)OCO2. The van der Waals surface area contributed by atoms with E-state index in [9.17, 15) is 0 Å². The van der Waals surface area contributed by atoms with Gasteiger partial charge < -0.3 is 19.9 Å². The first-order valence-corrected chi connectivity index (χ1v) is 6.71. The van der Waals surface area contributed by atoms with Crippen molar-refractivity contribution in [2.45, 2.75) is 19.0 Å². The van der Waals surface area contributed by atoms with Crippen LogP contribution >= 0.6 is 0 Å². The van der Waals surface area contributed by atoms with Crippen LogP contribution in [-0.2, 0) is 4.74 Å². The van der Waals surface area contributed by atoms with Gasteiger partial charge in [0.1, 0.15) is 0 Å². The lowest BCUT2D eigenvalue weighted by Crippen LogP contribution is -2.46. The number of fused-ring (bicyclic) bond motifs is 1. The van der Waals surface area contributed by atoms with Crippen molar-refractivity contribution in [3.05, 3.63) is 23.8 Å². The quantitative estimate of drug-likeness (QED) is 0.887. The van der Waals surface area contributed by atoms with E-state index >= 15 is 0 Å². The van der Waals surface area contributed by atoms with Gasteiger partial charge in [0.25, 0.3) is 0 Å². The maximum Gasteiger partial charge on any atom is 0.231 e. The van der Waals surface area contributed by atoms with Crippen molar-refractivity contribution >= 4 is 0 Å². The maximum absolute atomic E-state index is 6.30. The van der Waals surface area contributed by atoms with Crippen molar-refractivity contribution in [2.75, 3.05) is 33.1 Å². The smallest absolute Gasteiger partial charge is 0.231 e. The van der Waals surface area contributed by atoms with Crippen LogP contribution in [0.3, 0.4) is 0 Å². The second kappa shape index (κ2) is 5.36. The number of ether oxygens (including phenoxy) is 3. The summed E-state index contributed by atoms with van der Waals surface area (Å²) in [6.45, 7) is 5.83. The fourth-order valence-electron chi connectivity index (χ4n) is 2.53. The van der Waals surface area contributed by atoms with Crippen LogP contribution in [0.15, 0.2) is 18.2 Å². The van der Waals surface area contributed by atoms with Crippen molar-refractivity contribution < 1.29 is 14.2 Å². The predicted octanol–water partition coefficient (Wildman–Crippen LogP) is 1.14. The lowest BCUT2D eigenvalue weighted by Gasteiger charge is -2.35. The minimum Gasteiger partial charge on any atom is -0.454 e. The normalized spacial score (nSPS) is 24.4. The summed E-state index contributed by atoms with van der Waals surface area (Å²) < 4.78 is 16.1. The average Bonchev–Trinajstić information content (AvgIpc) is 2.88. The van der Waals surface area contributed by atoms with Crippen molar-refractivity contribution in [1.29, 1.82) is 0 Å². The van der Waals surface area contributed by atoms with E-state index in [0.717, 1.165) is 43.4 Å². The molecule has 2 N–H and O–H groups in total. The van der Waals surface area contributed by atoms with Crippen LogP contribution in [0.5, 0.6) is 11.5 Å². The molecule has 2 unspecified atom stereocenters. The summed E-state index contributed by atoms with van der Waals surface area (Å²) in [7, 11) is 0. The third-order valence-electron chi connectivity index (χ3n) is 3.76. The van der Waals surface area contributed by atoms with E-state index in [1.54, 1.807) is 0 Å². The molecule has 0 saturated carbocycles. The fraction of sp³-hybridized carbons (Fsp3) is 0.571. The molecule has 0 aromatic heterocycles. The van der Waals surface area contributed by atoms with Gasteiger partial charge in [-0.2, -0.15) is 0 Å². The van der Waals surface area contributed by atoms with Gasteiger partial charge in [0.2, 0.25) is 6.79 Å². The molecular weight excluding hydrogens is 244 g/mol. The molecular formula is C14H20N2O3. The van der Waals surface area contributed by atoms with Gasteiger partial charge in [0.05, 0.1) is 13.2 Å². The van der Waals surface area contributed by atoms with Gasteiger partial charge in [-0.1, -0.05) is 6.07 Å². The first kappa shape index (κ1) is 12.7. The molecule has 2 aliphatic heterocycles. The third kappa shape index (κ3) is 2.68. The number of hydrogen-bond acceptors (Lipinski definition) is 5. The van der Waals surface area contributed by atoms with Gasteiger partial charge in [0.15, 0.2) is 11.5 Å². The van der Waals surface area contributed by atoms with E-state index in [1.807, 2.05) is 18.2 Å². The molecule has 104 valence electrons. The molecule has 1 saturated heterocycles. The van der Waals surface area contributed by atoms with E-state index in [-0.39, 0.29) is 6.04 Å². The summed E-state index contributed by atoms with van der Waals surface area (Å²) in [6, 6.07) is 6.34. The monoisotopic (exact) mass is 264 g/mol. The highest BCUT2D eigenvalue weighted by Gasteiger charge is 2.22. The zero-order valence-electron chi connectivity index (χ0n) is 11.2. The molecule has 0 spiro atoms. The minimum atomic E-state index is -0.0185. The molecule has 19 heavy (non-hydrogen) atoms. The Labute approximate surface area is 113 Å². The average molecular weight is 264 g/mol. The number of benzene rings is 1. The first-order valence-electron chi connectivity index (χ1n) is 6.71. The van der Waals surface area contributed by atoms with Crippen molar-refractivity contribution in [1.82, 2.24) is 4.90 Å². The predicted molar refractivity (Wildman–Crippen MR) is 71.3 cm³/mol. The van der Waals surface area contributed by atoms with Crippen LogP contribution in [0.4, 0.5) is 0 Å². The van der Waals surface area contributed by atoms with Crippen molar-refractivity contribution in [3.8, 4) is 11.5 Å². The highest BCUT2D eigenvalue weighted by Crippen LogP contribution is 2.34. The third-order valence-corrected chi connectivity index (χ3v) is 3.76. The van der Waals surface area contributed by atoms with E-state index < -0.39 is 0 Å². The number of nitrogens with zero attached hydrogens (tertiary/aromatic N) is 1. The molecule has 2 atom stereocenters. The summed E-state index contributed by atoms with van der Waals surface area (Å²) >= 11 is 0. The Morgan fingerprint density at radius 3 is 3.05 bits per heavy atom. The molecule has 1 aromatic carbocycles. The standard InChI is InChI=1S/C14H20N2O3/c1-10-8-17-5-4-16(10)7-12(15)11-2-3-13-14(6-11)19-9-18-13/h2-3,6,10,12H,4-5,7-9,15H2,1H3. The van der Waals surface area contributed by atoms with Gasteiger partial charge in [0, 0.05) is 25.2 Å². The molecule has 1 fully saturated rings. The lowest BCUT2D eigenvalue weighted by atomic mass is 10.1. The summed E-state index contributed by atoms with van der Waals surface area (Å²) in [4.78, 5) is 2.37. The molecule has 5 heteroatoms. The largest absolute Gasteiger partial charge is 0.454 e. The van der Waals surface area contributed by atoms with Crippen LogP contribution in [0, 0.1) is 0 Å². The Bertz CT molecular complexity index is 452. The topological polar surface area (TPSA) is 57.0 Å². The van der Waals surface area contributed by atoms with Crippen LogP contribution in [0.25, 0.3) is 0 Å². The second-order valence-corrected chi connectivity index (χ2v) is 5.14. The van der Waals surface area contributed by atoms with Crippen LogP contribution in [0.1, 0.15) is 18.5 Å². The summed E-state index contributed by atoms with van der Waals surface area (Å²) in [6.07, 6.45) is 0. The Kier molecular flexibility index (Phi) is 3.59. The van der Waals surface area contributed by atoms with Crippen LogP contribution < -0.4 is 15.2 Å². The summed E-state index contributed by atoms with van der Waals surface area (Å²) in [5.74, 6) is 1.60. The maximum atomic E-state index is 6.30. The molecule has 0 aliphatic carbocycles. The number of rotatable bonds is 3. The van der Waals surface area contributed by atoms with E-state index in [2.05, 4.69) is 11.8 Å². The second-order valence-electron chi connectivity index (χ2n) is 5.14. The molecule has 5 nitrogen and oxygen atoms in total. The van der Waals surface area contributed by atoms with Crippen molar-refractivity contribution in [3.63, 3.8) is 0 Å². The zero-order valence-corrected chi connectivity index (χ0v) is 11.2. The molecule has 2 aliphatic rings. The molecule has 0 amide bonds. The summed E-state index contributed by atoms with van der Waals surface area (Å²) in [5, 5.41) is 0. The molecule has 0 radical (unpaired) electrons. The van der Waals surface area contributed by atoms with Gasteiger partial charge in [-0.25, -0.2) is 0 Å². The zero-order chi connectivity index (χ0) is 13.2. The molecule has 3 rings (SSSR count). The van der Waals surface area contributed by atoms with Gasteiger partial charge in [-0.05, 0) is 24.6 Å². The fourth-order valence-corrected chi connectivity index (χ4v) is 2.53. The lowest BCUT2D eigenvalue weighted by molar-refractivity contribution is -0.00281. The van der Waals surface area contributed by atoms with Gasteiger partial charge in [-0.3, -0.25) is 4.90 Å². The Balaban J connectivity index is 1.68. The van der Waals surface area contributed by atoms with Gasteiger partial charge in [-0.15, -0.1) is 0 Å². The number of nitrogens with two attached hydrogens (primary N) is 1. The molecule has 2 heterocycles. The van der Waals surface area contributed by atoms with Crippen LogP contribution in [0.2, 0.25) is 0 Å². The van der Waals surface area contributed by atoms with E-state index in [0.29, 0.717) is 12.8 Å². The highest BCUT2D eigenvalue weighted by atomic mass is 16.7. The Morgan fingerprint density at radius 1 is 1.37 bits per heavy atom. The van der Waals surface area contributed by atoms with Crippen LogP contribution in [-0.4, -0.2) is 44.0 Å². The van der Waals surface area contributed by atoms with E-state index in [1.165, 1.54) is 0 Å². The molecule has 0 bridgehead atoms. The minimum absolute atomic E-state index is 0.0185. The molecule has 1 aromatic rings. The Hall–Kier alpha value is -1.30. The first-order chi connectivity index (χ1) is 9.24. The number of hydrogen-bond donors (Lipinski definition) is 1. The number of morpholine rings is 1. The van der Waals surface area contributed by atoms with E-state index in [4.69, 9.17) is 19.9 Å². The van der Waals surface area contributed by atoms with Gasteiger partial charge >= 0.3 is 0 Å².